The molecule has 0 saturated carbocycles. The number of anilines is 1. The molecule has 0 aliphatic heterocycles. The average molecular weight is 385 g/mol. The van der Waals surface area contributed by atoms with E-state index in [0.717, 1.165) is 29.3 Å². The fourth-order valence-corrected chi connectivity index (χ4v) is 3.19. The molecule has 3 aromatic rings. The number of hydrogen-bond donors (Lipinski definition) is 1. The first-order chi connectivity index (χ1) is 13.0. The maximum Gasteiger partial charge on any atom is 0.324 e. The van der Waals surface area contributed by atoms with E-state index in [0.29, 0.717) is 18.2 Å². The van der Waals surface area contributed by atoms with Crippen LogP contribution in [0.15, 0.2) is 46.5 Å². The van der Waals surface area contributed by atoms with Crippen molar-refractivity contribution in [1.82, 2.24) is 19.8 Å². The standard InChI is InChI=1S/C19H23N5O2S/c1-14-6-7-16(26-14)12-24(10-9-23(2)3)19(25)22-18-21-17(13-27-18)15-5-4-8-20-11-15/h4-8,11,13H,9-10,12H2,1-3H3,(H,21,22,25). The summed E-state index contributed by atoms with van der Waals surface area (Å²) in [6.07, 6.45) is 3.47. The van der Waals surface area contributed by atoms with E-state index >= 15 is 0 Å². The molecule has 8 heteroatoms. The summed E-state index contributed by atoms with van der Waals surface area (Å²) in [5.41, 5.74) is 1.72. The van der Waals surface area contributed by atoms with E-state index in [1.165, 1.54) is 11.3 Å². The van der Waals surface area contributed by atoms with E-state index in [1.807, 2.05) is 55.6 Å². The largest absolute Gasteiger partial charge is 0.464 e. The molecule has 3 heterocycles. The first-order valence-electron chi connectivity index (χ1n) is 8.63. The van der Waals surface area contributed by atoms with Crippen LogP contribution in [0.1, 0.15) is 11.5 Å². The van der Waals surface area contributed by atoms with Gasteiger partial charge in [-0.15, -0.1) is 11.3 Å². The molecule has 0 bridgehead atoms. The van der Waals surface area contributed by atoms with Gasteiger partial charge in [-0.05, 0) is 45.3 Å². The van der Waals surface area contributed by atoms with E-state index in [4.69, 9.17) is 4.42 Å². The van der Waals surface area contributed by atoms with Crippen LogP contribution in [0.4, 0.5) is 9.93 Å². The van der Waals surface area contributed by atoms with Crippen molar-refractivity contribution in [2.75, 3.05) is 32.5 Å². The van der Waals surface area contributed by atoms with Crippen molar-refractivity contribution in [3.8, 4) is 11.3 Å². The molecule has 0 radical (unpaired) electrons. The predicted octanol–water partition coefficient (Wildman–Crippen LogP) is 3.70. The molecular formula is C19H23N5O2S. The molecule has 1 N–H and O–H groups in total. The molecule has 0 aromatic carbocycles. The molecule has 3 rings (SSSR count). The lowest BCUT2D eigenvalue weighted by atomic mass is 10.2. The van der Waals surface area contributed by atoms with Gasteiger partial charge >= 0.3 is 6.03 Å². The van der Waals surface area contributed by atoms with Crippen LogP contribution in [0.25, 0.3) is 11.3 Å². The molecule has 0 fully saturated rings. The number of furan rings is 1. The van der Waals surface area contributed by atoms with E-state index in [9.17, 15) is 4.79 Å². The number of aryl methyl sites for hydroxylation is 1. The molecule has 3 aromatic heterocycles. The smallest absolute Gasteiger partial charge is 0.324 e. The summed E-state index contributed by atoms with van der Waals surface area (Å²) in [6, 6.07) is 7.41. The molecule has 0 atom stereocenters. The molecule has 2 amide bonds. The van der Waals surface area contributed by atoms with Gasteiger partial charge in [-0.25, -0.2) is 9.78 Å². The summed E-state index contributed by atoms with van der Waals surface area (Å²) in [6.45, 7) is 3.64. The highest BCUT2D eigenvalue weighted by atomic mass is 32.1. The van der Waals surface area contributed by atoms with Gasteiger partial charge in [0.25, 0.3) is 0 Å². The summed E-state index contributed by atoms with van der Waals surface area (Å²) in [7, 11) is 3.96. The fraction of sp³-hybridized carbons (Fsp3) is 0.316. The minimum absolute atomic E-state index is 0.196. The van der Waals surface area contributed by atoms with Gasteiger partial charge in [0.2, 0.25) is 0 Å². The first-order valence-corrected chi connectivity index (χ1v) is 9.51. The molecule has 0 saturated heterocycles. The summed E-state index contributed by atoms with van der Waals surface area (Å²) in [4.78, 5) is 25.2. The van der Waals surface area contributed by atoms with Crippen LogP contribution in [-0.4, -0.2) is 53.0 Å². The van der Waals surface area contributed by atoms with Gasteiger partial charge in [-0.1, -0.05) is 0 Å². The van der Waals surface area contributed by atoms with Crippen LogP contribution >= 0.6 is 11.3 Å². The number of rotatable bonds is 7. The summed E-state index contributed by atoms with van der Waals surface area (Å²) >= 11 is 1.39. The number of hydrogen-bond acceptors (Lipinski definition) is 6. The second-order valence-electron chi connectivity index (χ2n) is 6.45. The van der Waals surface area contributed by atoms with Crippen molar-refractivity contribution < 1.29 is 9.21 Å². The van der Waals surface area contributed by atoms with Gasteiger partial charge in [0.05, 0.1) is 12.2 Å². The average Bonchev–Trinajstić information content (AvgIpc) is 3.28. The van der Waals surface area contributed by atoms with Crippen molar-refractivity contribution in [3.63, 3.8) is 0 Å². The second-order valence-corrected chi connectivity index (χ2v) is 7.31. The Hall–Kier alpha value is -2.71. The number of aromatic nitrogens is 2. The van der Waals surface area contributed by atoms with Crippen molar-refractivity contribution in [3.05, 3.63) is 53.6 Å². The van der Waals surface area contributed by atoms with E-state index < -0.39 is 0 Å². The van der Waals surface area contributed by atoms with Crippen molar-refractivity contribution in [2.45, 2.75) is 13.5 Å². The first kappa shape index (κ1) is 19.1. The highest BCUT2D eigenvalue weighted by Gasteiger charge is 2.17. The van der Waals surface area contributed by atoms with Crippen molar-refractivity contribution >= 4 is 22.5 Å². The summed E-state index contributed by atoms with van der Waals surface area (Å²) in [5.74, 6) is 1.59. The highest BCUT2D eigenvalue weighted by molar-refractivity contribution is 7.14. The van der Waals surface area contributed by atoms with Gasteiger partial charge in [0, 0.05) is 36.4 Å². The zero-order valence-corrected chi connectivity index (χ0v) is 16.5. The number of urea groups is 1. The normalized spacial score (nSPS) is 11.0. The third-order valence-electron chi connectivity index (χ3n) is 3.92. The molecule has 0 spiro atoms. The monoisotopic (exact) mass is 385 g/mol. The van der Waals surface area contributed by atoms with Gasteiger partial charge in [0.1, 0.15) is 11.5 Å². The molecule has 7 nitrogen and oxygen atoms in total. The quantitative estimate of drug-likeness (QED) is 0.671. The molecule has 27 heavy (non-hydrogen) atoms. The van der Waals surface area contributed by atoms with Gasteiger partial charge < -0.3 is 14.2 Å². The fourth-order valence-electron chi connectivity index (χ4n) is 2.48. The number of amides is 2. The minimum atomic E-state index is -0.196. The minimum Gasteiger partial charge on any atom is -0.464 e. The molecule has 142 valence electrons. The Morgan fingerprint density at radius 2 is 2.11 bits per heavy atom. The van der Waals surface area contributed by atoms with Crippen molar-refractivity contribution in [2.24, 2.45) is 0 Å². The van der Waals surface area contributed by atoms with Gasteiger partial charge in [-0.2, -0.15) is 0 Å². The number of nitrogens with one attached hydrogen (secondary N) is 1. The Bertz CT molecular complexity index is 875. The number of nitrogens with zero attached hydrogens (tertiary/aromatic N) is 4. The Morgan fingerprint density at radius 1 is 1.26 bits per heavy atom. The number of carbonyl (C=O) groups excluding carboxylic acids is 1. The molecule has 0 aliphatic carbocycles. The zero-order chi connectivity index (χ0) is 19.2. The number of thiazole rings is 1. The third kappa shape index (κ3) is 5.38. The molecule has 0 aliphatic rings. The lowest BCUT2D eigenvalue weighted by Gasteiger charge is -2.23. The van der Waals surface area contributed by atoms with Crippen LogP contribution in [-0.2, 0) is 6.54 Å². The number of likely N-dealkylation sites (N-methyl/N-ethyl adjacent to an activating group) is 1. The Labute approximate surface area is 162 Å². The number of pyridine rings is 1. The van der Waals surface area contributed by atoms with Gasteiger partial charge in [0.15, 0.2) is 5.13 Å². The topological polar surface area (TPSA) is 74.5 Å². The van der Waals surface area contributed by atoms with Crippen LogP contribution < -0.4 is 5.32 Å². The van der Waals surface area contributed by atoms with Gasteiger partial charge in [-0.3, -0.25) is 10.3 Å². The maximum atomic E-state index is 12.8. The lowest BCUT2D eigenvalue weighted by molar-refractivity contribution is 0.196. The third-order valence-corrected chi connectivity index (χ3v) is 4.68. The van der Waals surface area contributed by atoms with Crippen molar-refractivity contribution in [1.29, 1.82) is 0 Å². The second kappa shape index (κ2) is 8.79. The SMILES string of the molecule is Cc1ccc(CN(CCN(C)C)C(=O)Nc2nc(-c3cccnc3)cs2)o1. The van der Waals surface area contributed by atoms with Crippen LogP contribution in [0.5, 0.6) is 0 Å². The summed E-state index contributed by atoms with van der Waals surface area (Å²) in [5, 5.41) is 5.37. The molecule has 0 unspecified atom stereocenters. The highest BCUT2D eigenvalue weighted by Crippen LogP contribution is 2.24. The zero-order valence-electron chi connectivity index (χ0n) is 15.7. The van der Waals surface area contributed by atoms with Crippen LogP contribution in [0, 0.1) is 6.92 Å². The van der Waals surface area contributed by atoms with Crippen LogP contribution in [0.3, 0.4) is 0 Å². The van der Waals surface area contributed by atoms with Crippen LogP contribution in [0.2, 0.25) is 0 Å². The number of carbonyl (C=O) groups is 1. The van der Waals surface area contributed by atoms with E-state index in [-0.39, 0.29) is 6.03 Å². The van der Waals surface area contributed by atoms with E-state index in [2.05, 4.69) is 15.3 Å². The Morgan fingerprint density at radius 3 is 2.78 bits per heavy atom. The van der Waals surface area contributed by atoms with E-state index in [1.54, 1.807) is 17.3 Å². The Kier molecular flexibility index (Phi) is 6.20. The maximum absolute atomic E-state index is 12.8. The molecular weight excluding hydrogens is 362 g/mol. The predicted molar refractivity (Wildman–Crippen MR) is 107 cm³/mol. The summed E-state index contributed by atoms with van der Waals surface area (Å²) < 4.78 is 5.63. The Balaban J connectivity index is 1.69. The lowest BCUT2D eigenvalue weighted by Crippen LogP contribution is -2.38.